The van der Waals surface area contributed by atoms with Gasteiger partial charge in [-0.2, -0.15) is 0 Å². The summed E-state index contributed by atoms with van der Waals surface area (Å²) in [5.74, 6) is -2.64. The zero-order chi connectivity index (χ0) is 18.1. The van der Waals surface area contributed by atoms with Crippen LogP contribution in [0.25, 0.3) is 0 Å². The van der Waals surface area contributed by atoms with E-state index >= 15 is 0 Å². The van der Waals surface area contributed by atoms with Gasteiger partial charge in [0, 0.05) is 19.1 Å². The van der Waals surface area contributed by atoms with E-state index in [1.807, 2.05) is 0 Å². The Kier molecular flexibility index (Phi) is 7.87. The van der Waals surface area contributed by atoms with Crippen molar-refractivity contribution in [2.24, 2.45) is 0 Å². The zero-order valence-corrected chi connectivity index (χ0v) is 13.5. The standard InChI is InChI=1S/C16H23N3O5/c1-4-14(20)19(8-5-6-13-10-24-9-7-17-13)12(3)15(21)18-11(2)16(22)23/h4,13,17H,1-3,5-10H2,(H,18,21)(H,22,23). The van der Waals surface area contributed by atoms with E-state index in [1.165, 1.54) is 4.90 Å². The number of carbonyl (C=O) groups excluding carboxylic acids is 2. The van der Waals surface area contributed by atoms with Crippen LogP contribution in [0, 0.1) is 0 Å². The first kappa shape index (κ1) is 19.6. The molecule has 132 valence electrons. The van der Waals surface area contributed by atoms with Crippen molar-refractivity contribution in [2.75, 3.05) is 26.3 Å². The molecule has 0 aromatic rings. The number of aliphatic carboxylic acids is 1. The van der Waals surface area contributed by atoms with Gasteiger partial charge in [-0.15, -0.1) is 0 Å². The van der Waals surface area contributed by atoms with E-state index in [0.717, 1.165) is 19.0 Å². The van der Waals surface area contributed by atoms with Gasteiger partial charge in [0.2, 0.25) is 0 Å². The molecule has 1 saturated heterocycles. The molecule has 0 aliphatic carbocycles. The molecule has 1 heterocycles. The number of nitrogens with one attached hydrogen (secondary N) is 2. The third-order valence-electron chi connectivity index (χ3n) is 3.48. The molecule has 2 amide bonds. The maximum absolute atomic E-state index is 12.0. The van der Waals surface area contributed by atoms with Gasteiger partial charge in [-0.3, -0.25) is 9.59 Å². The molecule has 1 unspecified atom stereocenters. The number of carbonyl (C=O) groups is 3. The average Bonchev–Trinajstić information content (AvgIpc) is 2.58. The fourth-order valence-electron chi connectivity index (χ4n) is 2.17. The van der Waals surface area contributed by atoms with E-state index in [2.05, 4.69) is 30.4 Å². The molecule has 3 N–H and O–H groups in total. The molecule has 0 bridgehead atoms. The summed E-state index contributed by atoms with van der Waals surface area (Å²) in [7, 11) is 0. The van der Waals surface area contributed by atoms with E-state index < -0.39 is 23.5 Å². The molecule has 8 nitrogen and oxygen atoms in total. The Balaban J connectivity index is 2.59. The van der Waals surface area contributed by atoms with Crippen LogP contribution >= 0.6 is 0 Å². The second-order valence-corrected chi connectivity index (χ2v) is 5.25. The van der Waals surface area contributed by atoms with Crippen molar-refractivity contribution in [3.8, 4) is 0 Å². The minimum atomic E-state index is -1.36. The summed E-state index contributed by atoms with van der Waals surface area (Å²) >= 11 is 0. The molecule has 1 fully saturated rings. The number of carboxylic acid groups (broad SMARTS) is 1. The minimum Gasteiger partial charge on any atom is -0.477 e. The SMILES string of the molecule is C=CC(=O)N(CCCC1COCCN1)C(=C)C(=O)NC(=C)C(=O)O. The van der Waals surface area contributed by atoms with Gasteiger partial charge in [0.1, 0.15) is 11.4 Å². The predicted octanol–water partition coefficient (Wildman–Crippen LogP) is -0.00220. The van der Waals surface area contributed by atoms with Gasteiger partial charge >= 0.3 is 5.97 Å². The van der Waals surface area contributed by atoms with Crippen LogP contribution in [0.15, 0.2) is 37.2 Å². The van der Waals surface area contributed by atoms with Crippen LogP contribution in [-0.4, -0.2) is 60.1 Å². The van der Waals surface area contributed by atoms with Gasteiger partial charge in [-0.05, 0) is 18.9 Å². The fourth-order valence-corrected chi connectivity index (χ4v) is 2.17. The molecule has 0 aromatic heterocycles. The number of nitrogens with zero attached hydrogens (tertiary/aromatic N) is 1. The highest BCUT2D eigenvalue weighted by Gasteiger charge is 2.22. The normalized spacial score (nSPS) is 16.8. The number of ether oxygens (including phenoxy) is 1. The second-order valence-electron chi connectivity index (χ2n) is 5.25. The number of morpholine rings is 1. The van der Waals surface area contributed by atoms with Crippen molar-refractivity contribution in [1.29, 1.82) is 0 Å². The number of rotatable bonds is 9. The lowest BCUT2D eigenvalue weighted by atomic mass is 10.1. The summed E-state index contributed by atoms with van der Waals surface area (Å²) in [5.41, 5.74) is -0.647. The number of carboxylic acids is 1. The van der Waals surface area contributed by atoms with Gasteiger partial charge in [0.05, 0.1) is 13.2 Å². The third-order valence-corrected chi connectivity index (χ3v) is 3.48. The molecule has 0 spiro atoms. The maximum atomic E-state index is 12.0. The lowest BCUT2D eigenvalue weighted by Gasteiger charge is -2.26. The molecule has 0 aromatic carbocycles. The summed E-state index contributed by atoms with van der Waals surface area (Å²) in [4.78, 5) is 35.8. The number of hydrogen-bond donors (Lipinski definition) is 3. The smallest absolute Gasteiger partial charge is 0.351 e. The van der Waals surface area contributed by atoms with Crippen molar-refractivity contribution >= 4 is 17.8 Å². The zero-order valence-electron chi connectivity index (χ0n) is 13.5. The first-order valence-corrected chi connectivity index (χ1v) is 7.54. The van der Waals surface area contributed by atoms with Crippen molar-refractivity contribution in [2.45, 2.75) is 18.9 Å². The van der Waals surface area contributed by atoms with E-state index in [0.29, 0.717) is 19.6 Å². The van der Waals surface area contributed by atoms with E-state index in [4.69, 9.17) is 9.84 Å². The van der Waals surface area contributed by atoms with Crippen molar-refractivity contribution in [3.63, 3.8) is 0 Å². The third kappa shape index (κ3) is 5.98. The van der Waals surface area contributed by atoms with Crippen molar-refractivity contribution < 1.29 is 24.2 Å². The molecule has 1 aliphatic rings. The first-order valence-electron chi connectivity index (χ1n) is 7.54. The van der Waals surface area contributed by atoms with E-state index in [9.17, 15) is 14.4 Å². The predicted molar refractivity (Wildman–Crippen MR) is 87.8 cm³/mol. The molecular formula is C16H23N3O5. The van der Waals surface area contributed by atoms with Gasteiger partial charge < -0.3 is 25.4 Å². The Morgan fingerprint density at radius 3 is 2.62 bits per heavy atom. The maximum Gasteiger partial charge on any atom is 0.351 e. The average molecular weight is 337 g/mol. The monoisotopic (exact) mass is 337 g/mol. The first-order chi connectivity index (χ1) is 11.4. The number of amides is 2. The van der Waals surface area contributed by atoms with E-state index in [1.54, 1.807) is 0 Å². The van der Waals surface area contributed by atoms with Crippen LogP contribution in [-0.2, 0) is 19.1 Å². The molecular weight excluding hydrogens is 314 g/mol. The molecule has 0 radical (unpaired) electrons. The topological polar surface area (TPSA) is 108 Å². The Morgan fingerprint density at radius 1 is 1.38 bits per heavy atom. The molecule has 24 heavy (non-hydrogen) atoms. The quantitative estimate of drug-likeness (QED) is 0.511. The van der Waals surface area contributed by atoms with Crippen molar-refractivity contribution in [1.82, 2.24) is 15.5 Å². The summed E-state index contributed by atoms with van der Waals surface area (Å²) in [6, 6.07) is 0.202. The Labute approximate surface area is 140 Å². The summed E-state index contributed by atoms with van der Waals surface area (Å²) in [6.07, 6.45) is 2.46. The molecule has 1 aliphatic heterocycles. The molecule has 8 heteroatoms. The molecule has 0 saturated carbocycles. The highest BCUT2D eigenvalue weighted by Crippen LogP contribution is 2.09. The van der Waals surface area contributed by atoms with Crippen molar-refractivity contribution in [3.05, 3.63) is 37.2 Å². The minimum absolute atomic E-state index is 0.157. The second kappa shape index (κ2) is 9.64. The lowest BCUT2D eigenvalue weighted by molar-refractivity contribution is -0.134. The molecule has 1 rings (SSSR count). The van der Waals surface area contributed by atoms with E-state index in [-0.39, 0.29) is 18.3 Å². The number of hydrogen-bond acceptors (Lipinski definition) is 5. The fraction of sp³-hybridized carbons (Fsp3) is 0.438. The van der Waals surface area contributed by atoms with Crippen LogP contribution in [0.5, 0.6) is 0 Å². The van der Waals surface area contributed by atoms with Crippen LogP contribution in [0.3, 0.4) is 0 Å². The Hall–Kier alpha value is -2.45. The van der Waals surface area contributed by atoms with Crippen LogP contribution in [0.1, 0.15) is 12.8 Å². The van der Waals surface area contributed by atoms with Crippen LogP contribution in [0.2, 0.25) is 0 Å². The largest absolute Gasteiger partial charge is 0.477 e. The molecule has 1 atom stereocenters. The summed E-state index contributed by atoms with van der Waals surface area (Å²) in [5, 5.41) is 14.1. The Morgan fingerprint density at radius 2 is 2.08 bits per heavy atom. The lowest BCUT2D eigenvalue weighted by Crippen LogP contribution is -2.42. The summed E-state index contributed by atoms with van der Waals surface area (Å²) in [6.45, 7) is 12.5. The highest BCUT2D eigenvalue weighted by molar-refractivity contribution is 6.03. The van der Waals surface area contributed by atoms with Crippen LogP contribution in [0.4, 0.5) is 0 Å². The Bertz CT molecular complexity index is 538. The van der Waals surface area contributed by atoms with Gasteiger partial charge in [0.25, 0.3) is 11.8 Å². The van der Waals surface area contributed by atoms with Gasteiger partial charge in [-0.25, -0.2) is 4.79 Å². The van der Waals surface area contributed by atoms with Gasteiger partial charge in [-0.1, -0.05) is 19.7 Å². The van der Waals surface area contributed by atoms with Gasteiger partial charge in [0.15, 0.2) is 0 Å². The van der Waals surface area contributed by atoms with Crippen LogP contribution < -0.4 is 10.6 Å². The summed E-state index contributed by atoms with van der Waals surface area (Å²) < 4.78 is 5.35. The highest BCUT2D eigenvalue weighted by atomic mass is 16.5.